The van der Waals surface area contributed by atoms with Crippen LogP contribution in [0.1, 0.15) is 48.6 Å². The maximum Gasteiger partial charge on any atom is 0.257 e. The van der Waals surface area contributed by atoms with Gasteiger partial charge < -0.3 is 19.5 Å². The van der Waals surface area contributed by atoms with Crippen LogP contribution >= 0.6 is 0 Å². The van der Waals surface area contributed by atoms with Gasteiger partial charge in [0.1, 0.15) is 5.75 Å². The zero-order valence-electron chi connectivity index (χ0n) is 18.5. The van der Waals surface area contributed by atoms with Crippen LogP contribution in [-0.2, 0) is 4.74 Å². The van der Waals surface area contributed by atoms with E-state index in [1.54, 1.807) is 19.2 Å². The molecule has 0 aliphatic rings. The number of aromatic nitrogens is 1. The van der Waals surface area contributed by atoms with E-state index in [-0.39, 0.29) is 18.1 Å². The summed E-state index contributed by atoms with van der Waals surface area (Å²) >= 11 is 0. The molecule has 3 rings (SSSR count). The predicted octanol–water partition coefficient (Wildman–Crippen LogP) is 5.93. The molecule has 0 aliphatic heterocycles. The van der Waals surface area contributed by atoms with Gasteiger partial charge in [-0.1, -0.05) is 18.2 Å². The fraction of sp³-hybridized carbons (Fsp3) is 0.280. The molecule has 0 radical (unpaired) electrons. The van der Waals surface area contributed by atoms with Crippen molar-refractivity contribution in [2.24, 2.45) is 0 Å². The van der Waals surface area contributed by atoms with Crippen LogP contribution in [0.2, 0.25) is 0 Å². The Morgan fingerprint density at radius 3 is 2.39 bits per heavy atom. The van der Waals surface area contributed by atoms with Crippen LogP contribution in [0.15, 0.2) is 60.7 Å². The minimum atomic E-state index is -0.233. The lowest BCUT2D eigenvalue weighted by Crippen LogP contribution is -2.16. The molecule has 1 atom stereocenters. The Kier molecular flexibility index (Phi) is 7.26. The van der Waals surface area contributed by atoms with Gasteiger partial charge in [-0.05, 0) is 64.1 Å². The Bertz CT molecular complexity index is 1050. The molecule has 1 aromatic heterocycles. The smallest absolute Gasteiger partial charge is 0.257 e. The van der Waals surface area contributed by atoms with E-state index in [0.29, 0.717) is 34.2 Å². The summed E-state index contributed by atoms with van der Waals surface area (Å²) in [6.07, 6.45) is -0.0370. The van der Waals surface area contributed by atoms with Crippen molar-refractivity contribution in [3.63, 3.8) is 0 Å². The third kappa shape index (κ3) is 5.83. The van der Waals surface area contributed by atoms with Crippen molar-refractivity contribution in [2.45, 2.75) is 39.9 Å². The summed E-state index contributed by atoms with van der Waals surface area (Å²) in [6, 6.07) is 18.2. The molecule has 0 saturated carbocycles. The second-order valence-corrected chi connectivity index (χ2v) is 7.43. The van der Waals surface area contributed by atoms with Crippen molar-refractivity contribution in [3.05, 3.63) is 77.6 Å². The first-order valence-electron chi connectivity index (χ1n) is 10.2. The van der Waals surface area contributed by atoms with Crippen LogP contribution in [0.3, 0.4) is 0 Å². The molecule has 1 unspecified atom stereocenters. The Balaban J connectivity index is 1.73. The largest absolute Gasteiger partial charge is 0.493 e. The topological polar surface area (TPSA) is 69.7 Å². The summed E-state index contributed by atoms with van der Waals surface area (Å²) in [5.41, 5.74) is 2.58. The van der Waals surface area contributed by atoms with Gasteiger partial charge >= 0.3 is 0 Å². The molecule has 2 aromatic carbocycles. The highest BCUT2D eigenvalue weighted by Gasteiger charge is 2.15. The first-order valence-corrected chi connectivity index (χ1v) is 10.2. The number of nitrogens with one attached hydrogen (secondary N) is 1. The van der Waals surface area contributed by atoms with Gasteiger partial charge in [0.05, 0.1) is 36.3 Å². The average molecular weight is 421 g/mol. The van der Waals surface area contributed by atoms with Gasteiger partial charge in [-0.15, -0.1) is 0 Å². The normalized spacial score (nSPS) is 11.8. The zero-order valence-corrected chi connectivity index (χ0v) is 18.5. The Morgan fingerprint density at radius 1 is 0.968 bits per heavy atom. The van der Waals surface area contributed by atoms with Gasteiger partial charge in [-0.2, -0.15) is 0 Å². The van der Waals surface area contributed by atoms with Crippen LogP contribution < -0.4 is 14.8 Å². The summed E-state index contributed by atoms with van der Waals surface area (Å²) in [4.78, 5) is 17.4. The second-order valence-electron chi connectivity index (χ2n) is 7.43. The highest BCUT2D eigenvalue weighted by molar-refractivity contribution is 6.05. The Hall–Kier alpha value is -3.38. The van der Waals surface area contributed by atoms with Crippen LogP contribution in [0.25, 0.3) is 0 Å². The van der Waals surface area contributed by atoms with Gasteiger partial charge in [0.2, 0.25) is 0 Å². The number of pyridine rings is 1. The molecule has 1 amide bonds. The Morgan fingerprint density at radius 2 is 1.71 bits per heavy atom. The van der Waals surface area contributed by atoms with Gasteiger partial charge in [0.15, 0.2) is 11.5 Å². The minimum absolute atomic E-state index is 0.102. The van der Waals surface area contributed by atoms with Gasteiger partial charge in [-0.25, -0.2) is 0 Å². The quantitative estimate of drug-likeness (QED) is 0.489. The lowest BCUT2D eigenvalue weighted by atomic mass is 10.1. The summed E-state index contributed by atoms with van der Waals surface area (Å²) in [5, 5.41) is 2.91. The van der Waals surface area contributed by atoms with E-state index in [9.17, 15) is 4.79 Å². The molecule has 3 aromatic rings. The van der Waals surface area contributed by atoms with E-state index >= 15 is 0 Å². The second kappa shape index (κ2) is 10.1. The fourth-order valence-electron chi connectivity index (χ4n) is 3.19. The molecule has 0 fully saturated rings. The molecule has 1 N–H and O–H groups in total. The maximum atomic E-state index is 12.8. The van der Waals surface area contributed by atoms with Crippen LogP contribution in [0.4, 0.5) is 5.69 Å². The monoisotopic (exact) mass is 420 g/mol. The summed E-state index contributed by atoms with van der Waals surface area (Å²) in [6.45, 7) is 7.74. The molecule has 1 heterocycles. The number of ether oxygens (including phenoxy) is 3. The average Bonchev–Trinajstić information content (AvgIpc) is 2.73. The number of nitrogens with zero attached hydrogens (tertiary/aromatic N) is 1. The third-order valence-electron chi connectivity index (χ3n) is 4.63. The molecular formula is C25H28N2O4. The molecule has 162 valence electrons. The fourth-order valence-corrected chi connectivity index (χ4v) is 3.19. The number of methoxy groups -OCH3 is 1. The lowest BCUT2D eigenvalue weighted by Gasteiger charge is -2.17. The standard InChI is InChI=1S/C25H28N2O4/c1-16(2)30-18(4)22-14-13-21(17(3)26-22)25(28)27-19-9-8-10-20(15-19)31-24-12-7-6-11-23(24)29-5/h6-16,18H,1-5H3,(H,27,28). The van der Waals surface area contributed by atoms with E-state index < -0.39 is 0 Å². The predicted molar refractivity (Wildman–Crippen MR) is 121 cm³/mol. The molecule has 0 aliphatic carbocycles. The van der Waals surface area contributed by atoms with Crippen molar-refractivity contribution in [1.82, 2.24) is 4.98 Å². The van der Waals surface area contributed by atoms with Crippen molar-refractivity contribution in [2.75, 3.05) is 12.4 Å². The molecule has 6 heteroatoms. The molecular weight excluding hydrogens is 392 g/mol. The van der Waals surface area contributed by atoms with Crippen LogP contribution in [0.5, 0.6) is 17.2 Å². The number of benzene rings is 2. The van der Waals surface area contributed by atoms with Gasteiger partial charge in [0, 0.05) is 11.8 Å². The molecule has 0 saturated heterocycles. The van der Waals surface area contributed by atoms with Crippen molar-refractivity contribution in [1.29, 1.82) is 0 Å². The third-order valence-corrected chi connectivity index (χ3v) is 4.63. The summed E-state index contributed by atoms with van der Waals surface area (Å²) in [7, 11) is 1.59. The minimum Gasteiger partial charge on any atom is -0.493 e. The van der Waals surface area contributed by atoms with Crippen molar-refractivity contribution in [3.8, 4) is 17.2 Å². The highest BCUT2D eigenvalue weighted by atomic mass is 16.5. The molecule has 31 heavy (non-hydrogen) atoms. The van der Waals surface area contributed by atoms with Gasteiger partial charge in [-0.3, -0.25) is 9.78 Å². The number of anilines is 1. The van der Waals surface area contributed by atoms with Crippen molar-refractivity contribution >= 4 is 11.6 Å². The number of para-hydroxylation sites is 2. The maximum absolute atomic E-state index is 12.8. The number of rotatable bonds is 8. The van der Waals surface area contributed by atoms with E-state index in [4.69, 9.17) is 14.2 Å². The number of hydrogen-bond acceptors (Lipinski definition) is 5. The van der Waals surface area contributed by atoms with Crippen LogP contribution in [0, 0.1) is 6.92 Å². The van der Waals surface area contributed by atoms with Crippen molar-refractivity contribution < 1.29 is 19.0 Å². The van der Waals surface area contributed by atoms with Crippen LogP contribution in [-0.4, -0.2) is 24.1 Å². The van der Waals surface area contributed by atoms with E-state index in [0.717, 1.165) is 5.69 Å². The lowest BCUT2D eigenvalue weighted by molar-refractivity contribution is 0.0154. The first-order chi connectivity index (χ1) is 14.9. The van der Waals surface area contributed by atoms with Gasteiger partial charge in [0.25, 0.3) is 5.91 Å². The number of aryl methyl sites for hydroxylation is 1. The highest BCUT2D eigenvalue weighted by Crippen LogP contribution is 2.32. The number of carbonyl (C=O) groups is 1. The molecule has 0 bridgehead atoms. The number of amides is 1. The van der Waals surface area contributed by atoms with E-state index in [1.807, 2.05) is 76.2 Å². The summed E-state index contributed by atoms with van der Waals surface area (Å²) in [5.74, 6) is 1.59. The Labute approximate surface area is 183 Å². The molecule has 0 spiro atoms. The summed E-state index contributed by atoms with van der Waals surface area (Å²) < 4.78 is 17.0. The number of carbonyl (C=O) groups excluding carboxylic acids is 1. The van der Waals surface area contributed by atoms with E-state index in [2.05, 4.69) is 10.3 Å². The number of hydrogen-bond donors (Lipinski definition) is 1. The zero-order chi connectivity index (χ0) is 22.4. The SMILES string of the molecule is COc1ccccc1Oc1cccc(NC(=O)c2ccc(C(C)OC(C)C)nc2C)c1. The van der Waals surface area contributed by atoms with E-state index in [1.165, 1.54) is 0 Å². The molecule has 6 nitrogen and oxygen atoms in total. The first kappa shape index (κ1) is 22.3.